The van der Waals surface area contributed by atoms with Crippen LogP contribution >= 0.6 is 23.7 Å². The smallest absolute Gasteiger partial charge is 0.311 e. The van der Waals surface area contributed by atoms with Gasteiger partial charge in [-0.1, -0.05) is 0 Å². The van der Waals surface area contributed by atoms with Crippen molar-refractivity contribution in [3.63, 3.8) is 0 Å². The number of rotatable bonds is 5. The van der Waals surface area contributed by atoms with Crippen LogP contribution in [0.25, 0.3) is 0 Å². The molecule has 0 spiro atoms. The molecule has 2 heterocycles. The van der Waals surface area contributed by atoms with E-state index in [1.54, 1.807) is 12.3 Å². The highest BCUT2D eigenvalue weighted by Crippen LogP contribution is 2.16. The van der Waals surface area contributed by atoms with Crippen molar-refractivity contribution in [2.75, 3.05) is 31.6 Å². The molecule has 0 saturated carbocycles. The third-order valence-corrected chi connectivity index (χ3v) is 3.44. The zero-order valence-corrected chi connectivity index (χ0v) is 13.2. The molecule has 1 aromatic rings. The number of nitrogens with one attached hydrogen (secondary N) is 2. The van der Waals surface area contributed by atoms with Crippen LogP contribution in [0, 0.1) is 0 Å². The summed E-state index contributed by atoms with van der Waals surface area (Å²) in [7, 11) is 0. The number of thiazole rings is 1. The minimum atomic E-state index is -0.499. The molecule has 1 aliphatic heterocycles. The van der Waals surface area contributed by atoms with E-state index in [4.69, 9.17) is 9.47 Å². The van der Waals surface area contributed by atoms with Gasteiger partial charge in [0.05, 0.1) is 25.3 Å². The van der Waals surface area contributed by atoms with Gasteiger partial charge in [-0.15, -0.1) is 23.7 Å². The summed E-state index contributed by atoms with van der Waals surface area (Å²) >= 11 is 1.28. The van der Waals surface area contributed by atoms with Crippen LogP contribution in [0.2, 0.25) is 0 Å². The summed E-state index contributed by atoms with van der Waals surface area (Å²) in [6, 6.07) is 0. The van der Waals surface area contributed by atoms with Gasteiger partial charge in [-0.3, -0.25) is 14.9 Å². The Morgan fingerprint density at radius 2 is 2.43 bits per heavy atom. The molecule has 0 aromatic carbocycles. The normalized spacial score (nSPS) is 17.7. The van der Waals surface area contributed by atoms with E-state index in [9.17, 15) is 9.59 Å². The van der Waals surface area contributed by atoms with Gasteiger partial charge in [0.15, 0.2) is 5.13 Å². The van der Waals surface area contributed by atoms with E-state index in [1.807, 2.05) is 0 Å². The maximum Gasteiger partial charge on any atom is 0.311 e. The van der Waals surface area contributed by atoms with Gasteiger partial charge in [0.2, 0.25) is 0 Å². The number of esters is 1. The molecule has 118 valence electrons. The summed E-state index contributed by atoms with van der Waals surface area (Å²) in [5.41, 5.74) is 0.589. The van der Waals surface area contributed by atoms with Gasteiger partial charge in [0.1, 0.15) is 6.10 Å². The van der Waals surface area contributed by atoms with Crippen molar-refractivity contribution < 1.29 is 19.1 Å². The minimum Gasteiger partial charge on any atom is -0.466 e. The van der Waals surface area contributed by atoms with E-state index in [-0.39, 0.29) is 30.7 Å². The Morgan fingerprint density at radius 3 is 3.10 bits per heavy atom. The Labute approximate surface area is 132 Å². The molecular weight excluding hydrogens is 318 g/mol. The third-order valence-electron chi connectivity index (χ3n) is 2.63. The number of aromatic nitrogens is 1. The quantitative estimate of drug-likeness (QED) is 0.766. The van der Waals surface area contributed by atoms with Crippen LogP contribution in [0.1, 0.15) is 12.6 Å². The lowest BCUT2D eigenvalue weighted by molar-refractivity contribution is -0.142. The summed E-state index contributed by atoms with van der Waals surface area (Å²) in [6.07, 6.45) is -0.386. The van der Waals surface area contributed by atoms with Crippen LogP contribution in [0.15, 0.2) is 5.38 Å². The number of anilines is 1. The fourth-order valence-electron chi connectivity index (χ4n) is 1.73. The summed E-state index contributed by atoms with van der Waals surface area (Å²) in [5.74, 6) is -0.551. The Balaban J connectivity index is 0.00000220. The van der Waals surface area contributed by atoms with Crippen molar-refractivity contribution in [1.29, 1.82) is 0 Å². The zero-order valence-electron chi connectivity index (χ0n) is 11.6. The molecule has 1 saturated heterocycles. The van der Waals surface area contributed by atoms with Crippen LogP contribution in [0.5, 0.6) is 0 Å². The topological polar surface area (TPSA) is 89.5 Å². The van der Waals surface area contributed by atoms with Crippen LogP contribution in [0.4, 0.5) is 5.13 Å². The van der Waals surface area contributed by atoms with Crippen molar-refractivity contribution in [2.45, 2.75) is 19.4 Å². The molecule has 1 fully saturated rings. The first-order valence-electron chi connectivity index (χ1n) is 6.42. The summed E-state index contributed by atoms with van der Waals surface area (Å²) in [4.78, 5) is 27.4. The lowest BCUT2D eigenvalue weighted by Gasteiger charge is -2.22. The average Bonchev–Trinajstić information content (AvgIpc) is 2.87. The third kappa shape index (κ3) is 5.58. The van der Waals surface area contributed by atoms with E-state index in [0.29, 0.717) is 30.6 Å². The number of ether oxygens (including phenoxy) is 2. The molecule has 0 aliphatic carbocycles. The van der Waals surface area contributed by atoms with Crippen molar-refractivity contribution in [3.8, 4) is 0 Å². The highest BCUT2D eigenvalue weighted by atomic mass is 35.5. The summed E-state index contributed by atoms with van der Waals surface area (Å²) in [5, 5.41) is 7.96. The van der Waals surface area contributed by atoms with E-state index >= 15 is 0 Å². The molecule has 1 unspecified atom stereocenters. The SMILES string of the molecule is CCOC(=O)Cc1csc(NC(=O)C2CNCCO2)n1.Cl. The Kier molecular flexibility index (Phi) is 7.58. The molecule has 7 nitrogen and oxygen atoms in total. The lowest BCUT2D eigenvalue weighted by Crippen LogP contribution is -2.45. The first kappa shape index (κ1) is 17.8. The molecule has 0 bridgehead atoms. The molecule has 2 N–H and O–H groups in total. The summed E-state index contributed by atoms with van der Waals surface area (Å²) < 4.78 is 10.2. The number of hydrogen-bond donors (Lipinski definition) is 2. The minimum absolute atomic E-state index is 0. The highest BCUT2D eigenvalue weighted by molar-refractivity contribution is 7.13. The van der Waals surface area contributed by atoms with Crippen molar-refractivity contribution >= 4 is 40.8 Å². The zero-order chi connectivity index (χ0) is 14.4. The van der Waals surface area contributed by atoms with E-state index in [0.717, 1.165) is 6.54 Å². The Morgan fingerprint density at radius 1 is 1.62 bits per heavy atom. The van der Waals surface area contributed by atoms with Gasteiger partial charge < -0.3 is 14.8 Å². The number of amides is 1. The first-order valence-corrected chi connectivity index (χ1v) is 7.30. The second-order valence-electron chi connectivity index (χ2n) is 4.18. The number of carbonyl (C=O) groups excluding carboxylic acids is 2. The number of hydrogen-bond acceptors (Lipinski definition) is 7. The average molecular weight is 336 g/mol. The maximum atomic E-state index is 11.9. The Hall–Kier alpha value is -1.22. The van der Waals surface area contributed by atoms with E-state index in [2.05, 4.69) is 15.6 Å². The van der Waals surface area contributed by atoms with Crippen molar-refractivity contribution in [3.05, 3.63) is 11.1 Å². The lowest BCUT2D eigenvalue weighted by atomic mass is 10.3. The van der Waals surface area contributed by atoms with Crippen molar-refractivity contribution in [1.82, 2.24) is 10.3 Å². The van der Waals surface area contributed by atoms with Gasteiger partial charge in [-0.05, 0) is 6.92 Å². The van der Waals surface area contributed by atoms with Crippen LogP contribution in [-0.2, 0) is 25.5 Å². The van der Waals surface area contributed by atoms with E-state index < -0.39 is 6.10 Å². The van der Waals surface area contributed by atoms with Gasteiger partial charge in [-0.2, -0.15) is 0 Å². The molecule has 9 heteroatoms. The second kappa shape index (κ2) is 8.93. The molecule has 1 amide bonds. The molecular formula is C12H18ClN3O4S. The predicted molar refractivity (Wildman–Crippen MR) is 80.9 cm³/mol. The molecule has 1 atom stereocenters. The molecule has 2 rings (SSSR count). The van der Waals surface area contributed by atoms with Crippen LogP contribution < -0.4 is 10.6 Å². The van der Waals surface area contributed by atoms with Gasteiger partial charge >= 0.3 is 5.97 Å². The van der Waals surface area contributed by atoms with Gasteiger partial charge in [0.25, 0.3) is 5.91 Å². The van der Waals surface area contributed by atoms with E-state index in [1.165, 1.54) is 11.3 Å². The molecule has 1 aromatic heterocycles. The van der Waals surface area contributed by atoms with Crippen molar-refractivity contribution in [2.24, 2.45) is 0 Å². The number of morpholine rings is 1. The predicted octanol–water partition coefficient (Wildman–Crippen LogP) is 0.597. The Bertz CT molecular complexity index is 477. The van der Waals surface area contributed by atoms with Gasteiger partial charge in [0, 0.05) is 18.5 Å². The van der Waals surface area contributed by atoms with Gasteiger partial charge in [-0.25, -0.2) is 4.98 Å². The maximum absolute atomic E-state index is 11.9. The molecule has 1 aliphatic rings. The largest absolute Gasteiger partial charge is 0.466 e. The van der Waals surface area contributed by atoms with Crippen LogP contribution in [0.3, 0.4) is 0 Å². The molecule has 21 heavy (non-hydrogen) atoms. The first-order chi connectivity index (χ1) is 9.69. The number of halogens is 1. The standard InChI is InChI=1S/C12H17N3O4S.ClH/c1-2-18-10(16)5-8-7-20-12(14-8)15-11(17)9-6-13-3-4-19-9;/h7,9,13H,2-6H2,1H3,(H,14,15,17);1H. The highest BCUT2D eigenvalue weighted by Gasteiger charge is 2.22. The number of carbonyl (C=O) groups is 2. The van der Waals surface area contributed by atoms with Crippen LogP contribution in [-0.4, -0.2) is 49.3 Å². The fraction of sp³-hybridized carbons (Fsp3) is 0.583. The number of nitrogens with zero attached hydrogens (tertiary/aromatic N) is 1. The fourth-order valence-corrected chi connectivity index (χ4v) is 2.44. The summed E-state index contributed by atoms with van der Waals surface area (Å²) in [6.45, 7) is 3.86. The monoisotopic (exact) mass is 335 g/mol. The second-order valence-corrected chi connectivity index (χ2v) is 5.04. The molecule has 0 radical (unpaired) electrons.